The number of nitrogens with two attached hydrogens (primary N) is 1. The average molecular weight is 597 g/mol. The van der Waals surface area contributed by atoms with E-state index in [1.54, 1.807) is 12.1 Å². The Hall–Kier alpha value is -4.52. The second-order valence-electron chi connectivity index (χ2n) is 8.90. The number of hydrogen-bond acceptors (Lipinski definition) is 8. The van der Waals surface area contributed by atoms with Gasteiger partial charge in [-0.1, -0.05) is 37.1 Å². The molecule has 4 rings (SSSR count). The molecule has 13 heteroatoms. The van der Waals surface area contributed by atoms with Crippen molar-refractivity contribution in [3.05, 3.63) is 94.7 Å². The number of esters is 1. The standard InChI is InChI=1S/C28H25ClN4O7S/c1-2-3-14-40-28(37)18-7-5-9-21(16-18)33-26(35)23(29)24(27(33)36)31-20-8-4-6-17(15-20)25(34)32-19-10-12-22(13-11-19)41(30,38)39/h4-13,15-16,31H,2-3,14H2,1H3,(H,32,34)(H2,30,38,39). The quantitative estimate of drug-likeness (QED) is 0.180. The highest BCUT2D eigenvalue weighted by molar-refractivity contribution is 7.89. The Bertz CT molecular complexity index is 1670. The number of sulfonamides is 1. The molecule has 212 valence electrons. The molecule has 0 bridgehead atoms. The van der Waals surface area contributed by atoms with E-state index < -0.39 is 33.7 Å². The number of unbranched alkanes of at least 4 members (excludes halogenated alkanes) is 1. The van der Waals surface area contributed by atoms with Crippen molar-refractivity contribution in [2.45, 2.75) is 24.7 Å². The summed E-state index contributed by atoms with van der Waals surface area (Å²) in [6.45, 7) is 2.22. The summed E-state index contributed by atoms with van der Waals surface area (Å²) in [5.41, 5.74) is 0.937. The Morgan fingerprint density at radius 1 is 0.927 bits per heavy atom. The van der Waals surface area contributed by atoms with Crippen molar-refractivity contribution in [1.29, 1.82) is 0 Å². The molecule has 1 heterocycles. The molecule has 0 fully saturated rings. The van der Waals surface area contributed by atoms with Crippen molar-refractivity contribution in [3.8, 4) is 0 Å². The van der Waals surface area contributed by atoms with Gasteiger partial charge in [0.05, 0.1) is 22.8 Å². The fraction of sp³-hybridized carbons (Fsp3) is 0.143. The number of benzene rings is 3. The zero-order valence-electron chi connectivity index (χ0n) is 21.7. The van der Waals surface area contributed by atoms with Crippen LogP contribution >= 0.6 is 11.6 Å². The topological polar surface area (TPSA) is 165 Å². The SMILES string of the molecule is CCCCOC(=O)c1cccc(N2C(=O)C(Cl)=C(Nc3cccc(C(=O)Nc4ccc(S(N)(=O)=O)cc4)c3)C2=O)c1. The van der Waals surface area contributed by atoms with E-state index >= 15 is 0 Å². The lowest BCUT2D eigenvalue weighted by molar-refractivity contribution is -0.120. The van der Waals surface area contributed by atoms with Crippen LogP contribution in [0.3, 0.4) is 0 Å². The van der Waals surface area contributed by atoms with Crippen molar-refractivity contribution < 1.29 is 32.3 Å². The molecule has 11 nitrogen and oxygen atoms in total. The van der Waals surface area contributed by atoms with Gasteiger partial charge in [0.2, 0.25) is 10.0 Å². The van der Waals surface area contributed by atoms with Gasteiger partial charge in [-0.2, -0.15) is 0 Å². The zero-order chi connectivity index (χ0) is 29.7. The number of hydrogen-bond donors (Lipinski definition) is 3. The molecular formula is C28H25ClN4O7S. The number of halogens is 1. The first-order valence-corrected chi connectivity index (χ1v) is 14.3. The largest absolute Gasteiger partial charge is 0.462 e. The van der Waals surface area contributed by atoms with Crippen LogP contribution in [0, 0.1) is 0 Å². The maximum Gasteiger partial charge on any atom is 0.338 e. The van der Waals surface area contributed by atoms with Gasteiger partial charge >= 0.3 is 5.97 Å². The van der Waals surface area contributed by atoms with Crippen LogP contribution in [-0.2, 0) is 24.3 Å². The van der Waals surface area contributed by atoms with E-state index in [1.807, 2.05) is 6.92 Å². The van der Waals surface area contributed by atoms with Crippen LogP contribution in [0.4, 0.5) is 17.1 Å². The van der Waals surface area contributed by atoms with Crippen LogP contribution in [0.15, 0.2) is 88.4 Å². The summed E-state index contributed by atoms with van der Waals surface area (Å²) in [6.07, 6.45) is 1.56. The van der Waals surface area contributed by atoms with Crippen LogP contribution in [-0.4, -0.2) is 38.7 Å². The summed E-state index contributed by atoms with van der Waals surface area (Å²) >= 11 is 6.24. The van der Waals surface area contributed by atoms with E-state index in [1.165, 1.54) is 60.7 Å². The van der Waals surface area contributed by atoms with Crippen molar-refractivity contribution in [2.24, 2.45) is 5.14 Å². The van der Waals surface area contributed by atoms with Gasteiger partial charge in [0, 0.05) is 16.9 Å². The minimum absolute atomic E-state index is 0.102. The van der Waals surface area contributed by atoms with Crippen LogP contribution in [0.5, 0.6) is 0 Å². The third-order valence-corrected chi connectivity index (χ3v) is 7.21. The van der Waals surface area contributed by atoms with E-state index in [-0.39, 0.29) is 39.0 Å². The Morgan fingerprint density at radius 2 is 1.61 bits per heavy atom. The third-order valence-electron chi connectivity index (χ3n) is 5.93. The van der Waals surface area contributed by atoms with Crippen LogP contribution in [0.2, 0.25) is 0 Å². The van der Waals surface area contributed by atoms with Gasteiger partial charge in [-0.3, -0.25) is 14.4 Å². The van der Waals surface area contributed by atoms with Gasteiger partial charge in [0.25, 0.3) is 17.7 Å². The number of amides is 3. The predicted molar refractivity (Wildman–Crippen MR) is 153 cm³/mol. The van der Waals surface area contributed by atoms with E-state index in [0.717, 1.165) is 11.3 Å². The van der Waals surface area contributed by atoms with Gasteiger partial charge in [-0.05, 0) is 67.1 Å². The normalized spacial score (nSPS) is 13.4. The highest BCUT2D eigenvalue weighted by Crippen LogP contribution is 2.31. The van der Waals surface area contributed by atoms with Crippen molar-refractivity contribution >= 4 is 62.4 Å². The van der Waals surface area contributed by atoms with Crippen LogP contribution < -0.4 is 20.7 Å². The molecule has 0 unspecified atom stereocenters. The van der Waals surface area contributed by atoms with E-state index in [4.69, 9.17) is 21.5 Å². The minimum Gasteiger partial charge on any atom is -0.462 e. The lowest BCUT2D eigenvalue weighted by Crippen LogP contribution is -2.32. The first kappa shape index (κ1) is 29.5. The number of carbonyl (C=O) groups excluding carboxylic acids is 4. The fourth-order valence-electron chi connectivity index (χ4n) is 3.82. The highest BCUT2D eigenvalue weighted by Gasteiger charge is 2.39. The molecule has 4 N–H and O–H groups in total. The van der Waals surface area contributed by atoms with E-state index in [9.17, 15) is 27.6 Å². The number of carbonyl (C=O) groups is 4. The second kappa shape index (κ2) is 12.3. The summed E-state index contributed by atoms with van der Waals surface area (Å²) in [5, 5.41) is 10.2. The van der Waals surface area contributed by atoms with Crippen LogP contribution in [0.25, 0.3) is 0 Å². The summed E-state index contributed by atoms with van der Waals surface area (Å²) in [5.74, 6) is -2.63. The molecule has 41 heavy (non-hydrogen) atoms. The Morgan fingerprint density at radius 3 is 2.29 bits per heavy atom. The minimum atomic E-state index is -3.87. The number of nitrogens with one attached hydrogen (secondary N) is 2. The Labute approximate surface area is 241 Å². The molecule has 3 amide bonds. The van der Waals surface area contributed by atoms with E-state index in [0.29, 0.717) is 17.8 Å². The Balaban J connectivity index is 1.48. The molecule has 0 radical (unpaired) electrons. The van der Waals surface area contributed by atoms with Gasteiger partial charge in [0.15, 0.2) is 0 Å². The van der Waals surface area contributed by atoms with Crippen molar-refractivity contribution in [3.63, 3.8) is 0 Å². The van der Waals surface area contributed by atoms with Crippen molar-refractivity contribution in [1.82, 2.24) is 0 Å². The maximum atomic E-state index is 13.2. The lowest BCUT2D eigenvalue weighted by atomic mass is 10.1. The summed E-state index contributed by atoms with van der Waals surface area (Å²) in [6, 6.07) is 17.3. The number of imide groups is 1. The average Bonchev–Trinajstić information content (AvgIpc) is 3.16. The number of anilines is 3. The number of ether oxygens (including phenoxy) is 1. The van der Waals surface area contributed by atoms with Crippen molar-refractivity contribution in [2.75, 3.05) is 22.1 Å². The molecule has 0 saturated carbocycles. The molecular weight excluding hydrogens is 572 g/mol. The zero-order valence-corrected chi connectivity index (χ0v) is 23.3. The van der Waals surface area contributed by atoms with Crippen LogP contribution in [0.1, 0.15) is 40.5 Å². The Kier molecular flexibility index (Phi) is 8.86. The second-order valence-corrected chi connectivity index (χ2v) is 10.8. The summed E-state index contributed by atoms with van der Waals surface area (Å²) < 4.78 is 28.1. The summed E-state index contributed by atoms with van der Waals surface area (Å²) in [7, 11) is -3.87. The summed E-state index contributed by atoms with van der Waals surface area (Å²) in [4.78, 5) is 52.0. The number of nitrogens with zero attached hydrogens (tertiary/aromatic N) is 1. The molecule has 0 saturated heterocycles. The molecule has 0 aromatic heterocycles. The van der Waals surface area contributed by atoms with Gasteiger partial charge in [-0.25, -0.2) is 23.3 Å². The van der Waals surface area contributed by atoms with Gasteiger partial charge in [0.1, 0.15) is 10.7 Å². The third kappa shape index (κ3) is 6.80. The molecule has 0 atom stereocenters. The lowest BCUT2D eigenvalue weighted by Gasteiger charge is -2.16. The highest BCUT2D eigenvalue weighted by atomic mass is 35.5. The molecule has 3 aromatic carbocycles. The van der Waals surface area contributed by atoms with E-state index in [2.05, 4.69) is 10.6 Å². The predicted octanol–water partition coefficient (Wildman–Crippen LogP) is 3.98. The first-order valence-electron chi connectivity index (χ1n) is 12.4. The maximum absolute atomic E-state index is 13.2. The number of rotatable bonds is 10. The smallest absolute Gasteiger partial charge is 0.338 e. The number of primary sulfonamides is 1. The molecule has 3 aromatic rings. The molecule has 0 spiro atoms. The van der Waals surface area contributed by atoms with Gasteiger partial charge < -0.3 is 15.4 Å². The molecule has 1 aliphatic rings. The first-order chi connectivity index (χ1) is 19.5. The molecule has 1 aliphatic heterocycles. The fourth-order valence-corrected chi connectivity index (χ4v) is 4.55. The monoisotopic (exact) mass is 596 g/mol. The van der Waals surface area contributed by atoms with Gasteiger partial charge in [-0.15, -0.1) is 0 Å². The molecule has 0 aliphatic carbocycles.